The minimum atomic E-state index is -0.787. The average molecular weight is 318 g/mol. The summed E-state index contributed by atoms with van der Waals surface area (Å²) in [6.45, 7) is 0. The van der Waals surface area contributed by atoms with E-state index < -0.39 is 16.9 Å². The highest BCUT2D eigenvalue weighted by molar-refractivity contribution is 7.85. The van der Waals surface area contributed by atoms with Crippen molar-refractivity contribution in [3.05, 3.63) is 23.3 Å². The summed E-state index contributed by atoms with van der Waals surface area (Å²) in [7, 11) is 0.854. The number of hydrogen-bond acceptors (Lipinski definition) is 4. The Kier molecular flexibility index (Phi) is 2.46. The van der Waals surface area contributed by atoms with Crippen LogP contribution in [0.15, 0.2) is 12.1 Å². The van der Waals surface area contributed by atoms with Crippen LogP contribution in [-0.4, -0.2) is 34.2 Å². The first-order chi connectivity index (χ1) is 10.7. The van der Waals surface area contributed by atoms with Crippen molar-refractivity contribution in [1.29, 1.82) is 0 Å². The van der Waals surface area contributed by atoms with Gasteiger partial charge in [-0.15, -0.1) is 0 Å². The van der Waals surface area contributed by atoms with Gasteiger partial charge in [-0.2, -0.15) is 0 Å². The molecule has 2 bridgehead atoms. The zero-order chi connectivity index (χ0) is 15.1. The summed E-state index contributed by atoms with van der Waals surface area (Å²) in [6.07, 6.45) is 2.65. The standard InChI is InChI=1S/C17H18O4S/c1-20-12-5-2-9-8-13-10-3-4-11(18)16-17(10,6-7-22(13)19)14(9)15(12)21-16/h2,5,10,13,16H,3-4,6-8H2,1H3. The van der Waals surface area contributed by atoms with Crippen LogP contribution in [0.2, 0.25) is 0 Å². The number of Topliss-reactive ketones (excluding diaryl/α,β-unsaturated/α-hetero) is 1. The van der Waals surface area contributed by atoms with E-state index in [0.29, 0.717) is 18.1 Å². The summed E-state index contributed by atoms with van der Waals surface area (Å²) in [5.41, 5.74) is 2.16. The lowest BCUT2D eigenvalue weighted by Crippen LogP contribution is -2.62. The van der Waals surface area contributed by atoms with Gasteiger partial charge in [-0.3, -0.25) is 9.00 Å². The first-order valence-corrected chi connectivity index (χ1v) is 9.32. The molecule has 2 aliphatic carbocycles. The zero-order valence-electron chi connectivity index (χ0n) is 12.5. The molecule has 0 amide bonds. The summed E-state index contributed by atoms with van der Waals surface area (Å²) in [4.78, 5) is 12.6. The zero-order valence-corrected chi connectivity index (χ0v) is 13.3. The molecular weight excluding hydrogens is 300 g/mol. The van der Waals surface area contributed by atoms with Crippen molar-refractivity contribution in [2.75, 3.05) is 12.9 Å². The van der Waals surface area contributed by atoms with Crippen LogP contribution in [0.1, 0.15) is 30.4 Å². The third-order valence-electron chi connectivity index (χ3n) is 6.18. The van der Waals surface area contributed by atoms with E-state index in [1.807, 2.05) is 6.07 Å². The lowest BCUT2D eigenvalue weighted by atomic mass is 9.55. The normalized spacial score (nSPS) is 40.9. The molecule has 0 aromatic heterocycles. The van der Waals surface area contributed by atoms with Crippen LogP contribution < -0.4 is 9.47 Å². The van der Waals surface area contributed by atoms with E-state index in [4.69, 9.17) is 9.47 Å². The van der Waals surface area contributed by atoms with Gasteiger partial charge in [0, 0.05) is 39.2 Å². The lowest BCUT2D eigenvalue weighted by Gasteiger charge is -2.53. The number of hydrogen-bond donors (Lipinski definition) is 0. The molecular formula is C17H18O4S. The SMILES string of the molecule is COc1ccc2c3c1OC1C(=O)CCC4C(C2)S(=O)CCC314. The van der Waals surface area contributed by atoms with Crippen LogP contribution in [0.3, 0.4) is 0 Å². The molecule has 2 aliphatic heterocycles. The van der Waals surface area contributed by atoms with Crippen molar-refractivity contribution in [3.8, 4) is 11.5 Å². The Bertz CT molecular complexity index is 728. The summed E-state index contributed by atoms with van der Waals surface area (Å²) >= 11 is 0. The fourth-order valence-corrected chi connectivity index (χ4v) is 7.30. The minimum absolute atomic E-state index is 0.180. The molecule has 0 radical (unpaired) electrons. The number of ketones is 1. The molecule has 1 spiro atoms. The maximum Gasteiger partial charge on any atom is 0.174 e. The summed E-state index contributed by atoms with van der Waals surface area (Å²) in [6, 6.07) is 4.00. The molecule has 1 aromatic rings. The van der Waals surface area contributed by atoms with Gasteiger partial charge in [0.2, 0.25) is 0 Å². The molecule has 1 saturated carbocycles. The first kappa shape index (κ1) is 13.1. The van der Waals surface area contributed by atoms with Crippen LogP contribution in [-0.2, 0) is 27.4 Å². The van der Waals surface area contributed by atoms with Crippen molar-refractivity contribution in [3.63, 3.8) is 0 Å². The van der Waals surface area contributed by atoms with Crippen molar-refractivity contribution >= 4 is 16.6 Å². The Morgan fingerprint density at radius 2 is 2.27 bits per heavy atom. The highest BCUT2D eigenvalue weighted by Gasteiger charge is 2.66. The number of benzene rings is 1. The van der Waals surface area contributed by atoms with Gasteiger partial charge in [0.15, 0.2) is 23.4 Å². The Labute approximate surface area is 131 Å². The molecule has 5 atom stereocenters. The van der Waals surface area contributed by atoms with Crippen molar-refractivity contribution < 1.29 is 18.5 Å². The van der Waals surface area contributed by atoms with E-state index >= 15 is 0 Å². The van der Waals surface area contributed by atoms with Crippen LogP contribution >= 0.6 is 0 Å². The van der Waals surface area contributed by atoms with Crippen LogP contribution in [0.4, 0.5) is 0 Å². The molecule has 22 heavy (non-hydrogen) atoms. The molecule has 4 nitrogen and oxygen atoms in total. The summed E-state index contributed by atoms with van der Waals surface area (Å²) < 4.78 is 24.2. The topological polar surface area (TPSA) is 52.6 Å². The third kappa shape index (κ3) is 1.31. The molecule has 5 heteroatoms. The van der Waals surface area contributed by atoms with Gasteiger partial charge in [-0.05, 0) is 36.8 Å². The van der Waals surface area contributed by atoms with Gasteiger partial charge >= 0.3 is 0 Å². The molecule has 5 unspecified atom stereocenters. The lowest BCUT2D eigenvalue weighted by molar-refractivity contribution is -0.133. The molecule has 2 fully saturated rings. The summed E-state index contributed by atoms with van der Waals surface area (Å²) in [5.74, 6) is 2.69. The van der Waals surface area contributed by atoms with E-state index in [1.165, 1.54) is 11.1 Å². The van der Waals surface area contributed by atoms with Gasteiger partial charge in [0.25, 0.3) is 0 Å². The maximum atomic E-state index is 12.6. The Morgan fingerprint density at radius 3 is 3.09 bits per heavy atom. The van der Waals surface area contributed by atoms with E-state index in [2.05, 4.69) is 6.07 Å². The predicted octanol–water partition coefficient (Wildman–Crippen LogP) is 1.75. The molecule has 1 saturated heterocycles. The number of carbonyl (C=O) groups excluding carboxylic acids is 1. The molecule has 0 N–H and O–H groups in total. The van der Waals surface area contributed by atoms with E-state index in [1.54, 1.807) is 7.11 Å². The second-order valence-corrected chi connectivity index (χ2v) is 8.63. The van der Waals surface area contributed by atoms with Gasteiger partial charge in [-0.1, -0.05) is 6.07 Å². The quantitative estimate of drug-likeness (QED) is 0.791. The number of methoxy groups -OCH3 is 1. The molecule has 2 heterocycles. The first-order valence-electron chi connectivity index (χ1n) is 7.93. The van der Waals surface area contributed by atoms with Gasteiger partial charge < -0.3 is 9.47 Å². The van der Waals surface area contributed by atoms with E-state index in [0.717, 1.165) is 30.8 Å². The second kappa shape index (κ2) is 4.13. The number of carbonyl (C=O) groups is 1. The molecule has 4 aliphatic rings. The Morgan fingerprint density at radius 1 is 1.41 bits per heavy atom. The maximum absolute atomic E-state index is 12.6. The van der Waals surface area contributed by atoms with Gasteiger partial charge in [-0.25, -0.2) is 0 Å². The smallest absolute Gasteiger partial charge is 0.174 e. The highest BCUT2D eigenvalue weighted by Crippen LogP contribution is 2.63. The van der Waals surface area contributed by atoms with Crippen molar-refractivity contribution in [2.24, 2.45) is 5.92 Å². The van der Waals surface area contributed by atoms with Crippen LogP contribution in [0, 0.1) is 5.92 Å². The van der Waals surface area contributed by atoms with Crippen molar-refractivity contribution in [1.82, 2.24) is 0 Å². The monoisotopic (exact) mass is 318 g/mol. The number of ether oxygens (including phenoxy) is 2. The predicted molar refractivity (Wildman–Crippen MR) is 81.9 cm³/mol. The second-order valence-electron chi connectivity index (χ2n) is 6.86. The molecule has 5 rings (SSSR count). The third-order valence-corrected chi connectivity index (χ3v) is 7.95. The van der Waals surface area contributed by atoms with Gasteiger partial charge in [0.05, 0.1) is 7.11 Å². The largest absolute Gasteiger partial charge is 0.493 e. The highest BCUT2D eigenvalue weighted by atomic mass is 32.2. The Hall–Kier alpha value is -1.36. The minimum Gasteiger partial charge on any atom is -0.493 e. The van der Waals surface area contributed by atoms with Gasteiger partial charge in [0.1, 0.15) is 0 Å². The fourth-order valence-electron chi connectivity index (χ4n) is 5.35. The van der Waals surface area contributed by atoms with Crippen molar-refractivity contribution in [2.45, 2.75) is 42.5 Å². The molecule has 1 aromatic carbocycles. The van der Waals surface area contributed by atoms with E-state index in [-0.39, 0.29) is 16.4 Å². The molecule has 116 valence electrons. The average Bonchev–Trinajstić information content (AvgIpc) is 2.88. The fraction of sp³-hybridized carbons (Fsp3) is 0.588. The van der Waals surface area contributed by atoms with Crippen LogP contribution in [0.25, 0.3) is 0 Å². The summed E-state index contributed by atoms with van der Waals surface area (Å²) in [5, 5.41) is 0.180. The Balaban J connectivity index is 1.83. The van der Waals surface area contributed by atoms with Crippen LogP contribution in [0.5, 0.6) is 11.5 Å². The van der Waals surface area contributed by atoms with E-state index in [9.17, 15) is 9.00 Å². The number of rotatable bonds is 1.